The molecule has 0 aromatic heterocycles. The largest absolute Gasteiger partial charge is 0.478 e. The number of carboxylic acids is 1. The summed E-state index contributed by atoms with van der Waals surface area (Å²) < 4.78 is 15.6. The van der Waals surface area contributed by atoms with Gasteiger partial charge in [-0.05, 0) is 46.6 Å². The van der Waals surface area contributed by atoms with Gasteiger partial charge in [-0.25, -0.2) is 14.2 Å². The minimum atomic E-state index is -1.98. The van der Waals surface area contributed by atoms with Crippen LogP contribution in [-0.4, -0.2) is 31.4 Å². The molecule has 32 heavy (non-hydrogen) atoms. The molecule has 0 saturated heterocycles. The van der Waals surface area contributed by atoms with Gasteiger partial charge in [0.2, 0.25) is 5.72 Å². The number of benzene rings is 2. The van der Waals surface area contributed by atoms with Gasteiger partial charge in [0.1, 0.15) is 0 Å². The Labute approximate surface area is 201 Å². The summed E-state index contributed by atoms with van der Waals surface area (Å²) in [7, 11) is 0. The zero-order valence-corrected chi connectivity index (χ0v) is 19.7. The monoisotopic (exact) mass is 538 g/mol. The minimum Gasteiger partial charge on any atom is -0.478 e. The Morgan fingerprint density at radius 2 is 2.03 bits per heavy atom. The van der Waals surface area contributed by atoms with Crippen LogP contribution in [0.1, 0.15) is 34.8 Å². The molecule has 0 spiro atoms. The van der Waals surface area contributed by atoms with Gasteiger partial charge in [-0.1, -0.05) is 42.4 Å². The Kier molecular flexibility index (Phi) is 6.12. The highest BCUT2D eigenvalue weighted by Gasteiger charge is 2.49. The van der Waals surface area contributed by atoms with Crippen LogP contribution in [-0.2, 0) is 5.72 Å². The van der Waals surface area contributed by atoms with Gasteiger partial charge in [-0.2, -0.15) is 0 Å². The second kappa shape index (κ2) is 8.57. The van der Waals surface area contributed by atoms with Crippen LogP contribution in [0.25, 0.3) is 4.91 Å². The normalized spacial score (nSPS) is 20.0. The van der Waals surface area contributed by atoms with Crippen molar-refractivity contribution >= 4 is 50.2 Å². The predicted molar refractivity (Wildman–Crippen MR) is 123 cm³/mol. The van der Waals surface area contributed by atoms with Gasteiger partial charge in [-0.3, -0.25) is 5.21 Å². The van der Waals surface area contributed by atoms with Gasteiger partial charge in [-0.15, -0.1) is 0 Å². The molecule has 2 aromatic carbocycles. The quantitative estimate of drug-likeness (QED) is 0.435. The van der Waals surface area contributed by atoms with Crippen molar-refractivity contribution in [1.29, 1.82) is 0 Å². The van der Waals surface area contributed by atoms with Crippen molar-refractivity contribution in [2.75, 3.05) is 0 Å². The summed E-state index contributed by atoms with van der Waals surface area (Å²) in [5.41, 5.74) is -1.01. The van der Waals surface area contributed by atoms with Gasteiger partial charge in [0.25, 0.3) is 0 Å². The molecule has 10 heteroatoms. The van der Waals surface area contributed by atoms with Crippen LogP contribution < -0.4 is 0 Å². The highest BCUT2D eigenvalue weighted by atomic mass is 79.9. The van der Waals surface area contributed by atoms with E-state index in [-0.39, 0.29) is 20.6 Å². The maximum atomic E-state index is 15.3. The standard InChI is InChI=1S/C22H17BrClFN2O4S/c1-2-13-11-26(8-9-27(13)31)22(30)17-15(6-7-16(24)18(17)25)19(20(22)23)32-14-5-3-4-12(10-14)21(28)29/h3-11,30-31H,2H2,1H3,(H,28,29). The molecule has 2 aliphatic rings. The van der Waals surface area contributed by atoms with Gasteiger partial charge in [0.15, 0.2) is 5.82 Å². The number of halogens is 3. The number of carbonyl (C=O) groups is 1. The number of aromatic carboxylic acids is 1. The van der Waals surface area contributed by atoms with Crippen molar-refractivity contribution in [3.63, 3.8) is 0 Å². The number of thioether (sulfide) groups is 1. The lowest BCUT2D eigenvalue weighted by Gasteiger charge is -2.38. The minimum absolute atomic E-state index is 0.0449. The summed E-state index contributed by atoms with van der Waals surface area (Å²) in [6.45, 7) is 1.83. The first-order valence-corrected chi connectivity index (χ1v) is 11.5. The van der Waals surface area contributed by atoms with Gasteiger partial charge in [0, 0.05) is 34.0 Å². The summed E-state index contributed by atoms with van der Waals surface area (Å²) in [6, 6.07) is 9.34. The van der Waals surface area contributed by atoms with Crippen molar-refractivity contribution in [1.82, 2.24) is 9.96 Å². The highest BCUT2D eigenvalue weighted by Crippen LogP contribution is 2.56. The number of hydroxylamine groups is 2. The van der Waals surface area contributed by atoms with Crippen LogP contribution >= 0.6 is 39.3 Å². The number of rotatable bonds is 5. The Morgan fingerprint density at radius 3 is 2.72 bits per heavy atom. The molecular weight excluding hydrogens is 523 g/mol. The van der Waals surface area contributed by atoms with E-state index in [9.17, 15) is 20.2 Å². The highest BCUT2D eigenvalue weighted by molar-refractivity contribution is 9.12. The predicted octanol–water partition coefficient (Wildman–Crippen LogP) is 5.92. The molecule has 1 unspecified atom stereocenters. The molecule has 0 amide bonds. The maximum Gasteiger partial charge on any atom is 0.335 e. The van der Waals surface area contributed by atoms with Gasteiger partial charge >= 0.3 is 5.97 Å². The van der Waals surface area contributed by atoms with Crippen LogP contribution in [0.5, 0.6) is 0 Å². The molecule has 2 aromatic rings. The van der Waals surface area contributed by atoms with Crippen molar-refractivity contribution in [2.24, 2.45) is 0 Å². The Bertz CT molecular complexity index is 1220. The average molecular weight is 540 g/mol. The third-order valence-corrected chi connectivity index (χ3v) is 7.80. The molecule has 6 nitrogen and oxygen atoms in total. The van der Waals surface area contributed by atoms with Gasteiger partial charge < -0.3 is 15.1 Å². The molecule has 1 aliphatic heterocycles. The second-order valence-corrected chi connectivity index (χ2v) is 9.34. The number of hydrogen-bond donors (Lipinski definition) is 3. The third kappa shape index (κ3) is 3.64. The molecule has 3 N–H and O–H groups in total. The van der Waals surface area contributed by atoms with Crippen molar-refractivity contribution < 1.29 is 24.6 Å². The Hall–Kier alpha value is -2.30. The molecule has 0 radical (unpaired) electrons. The van der Waals surface area contributed by atoms with E-state index in [4.69, 9.17) is 11.6 Å². The molecule has 4 rings (SSSR count). The fourth-order valence-electron chi connectivity index (χ4n) is 3.57. The van der Waals surface area contributed by atoms with Crippen LogP contribution in [0.2, 0.25) is 5.02 Å². The fraction of sp³-hybridized carbons (Fsp3) is 0.136. The number of nitrogens with zero attached hydrogens (tertiary/aromatic N) is 2. The molecule has 1 atom stereocenters. The topological polar surface area (TPSA) is 84.2 Å². The van der Waals surface area contributed by atoms with E-state index in [1.165, 1.54) is 53.5 Å². The van der Waals surface area contributed by atoms with E-state index in [0.717, 1.165) is 5.06 Å². The lowest BCUT2D eigenvalue weighted by molar-refractivity contribution is -0.0481. The Balaban J connectivity index is 1.88. The summed E-state index contributed by atoms with van der Waals surface area (Å²) in [6.07, 6.45) is 4.75. The molecule has 0 fully saturated rings. The van der Waals surface area contributed by atoms with Crippen molar-refractivity contribution in [2.45, 2.75) is 24.0 Å². The van der Waals surface area contributed by atoms with E-state index < -0.39 is 17.5 Å². The molecular formula is C22H17BrClFN2O4S. The summed E-state index contributed by atoms with van der Waals surface area (Å²) in [5.74, 6) is -1.84. The summed E-state index contributed by atoms with van der Waals surface area (Å²) in [4.78, 5) is 13.8. The SMILES string of the molecule is CCC1=CN(C2(O)C(Br)=C(Sc3cccc(C(=O)O)c3)c3ccc(Cl)c(F)c32)C=CN1O. The number of allylic oxidation sites excluding steroid dienone is 1. The lowest BCUT2D eigenvalue weighted by Crippen LogP contribution is -2.42. The summed E-state index contributed by atoms with van der Waals surface area (Å²) >= 11 is 10.7. The van der Waals surface area contributed by atoms with Crippen LogP contribution in [0.15, 0.2) is 70.1 Å². The molecule has 1 aliphatic carbocycles. The van der Waals surface area contributed by atoms with E-state index in [1.807, 2.05) is 6.92 Å². The van der Waals surface area contributed by atoms with Crippen LogP contribution in [0, 0.1) is 5.82 Å². The van der Waals surface area contributed by atoms with E-state index >= 15 is 4.39 Å². The second-order valence-electron chi connectivity index (χ2n) is 7.06. The van der Waals surface area contributed by atoms with Gasteiger partial charge in [0.05, 0.1) is 26.3 Å². The van der Waals surface area contributed by atoms with Crippen molar-refractivity contribution in [3.05, 3.63) is 92.7 Å². The first-order chi connectivity index (χ1) is 15.2. The van der Waals surface area contributed by atoms with E-state index in [0.29, 0.717) is 27.5 Å². The van der Waals surface area contributed by atoms with E-state index in [1.54, 1.807) is 18.2 Å². The zero-order chi connectivity index (χ0) is 23.2. The molecule has 0 bridgehead atoms. The summed E-state index contributed by atoms with van der Waals surface area (Å²) in [5, 5.41) is 31.9. The average Bonchev–Trinajstić information content (AvgIpc) is 2.99. The maximum absolute atomic E-state index is 15.3. The lowest BCUT2D eigenvalue weighted by atomic mass is 10.0. The van der Waals surface area contributed by atoms with E-state index in [2.05, 4.69) is 15.9 Å². The third-order valence-electron chi connectivity index (χ3n) is 5.18. The Morgan fingerprint density at radius 1 is 1.28 bits per heavy atom. The number of carboxylic acid groups (broad SMARTS) is 1. The first kappa shape index (κ1) is 22.9. The first-order valence-electron chi connectivity index (χ1n) is 9.46. The smallest absolute Gasteiger partial charge is 0.335 e. The van der Waals surface area contributed by atoms with Crippen LogP contribution in [0.3, 0.4) is 0 Å². The van der Waals surface area contributed by atoms with Crippen molar-refractivity contribution in [3.8, 4) is 0 Å². The molecule has 0 saturated carbocycles. The fourth-order valence-corrected chi connectivity index (χ4v) is 5.66. The zero-order valence-electron chi connectivity index (χ0n) is 16.6. The number of aliphatic hydroxyl groups is 1. The van der Waals surface area contributed by atoms with Crippen LogP contribution in [0.4, 0.5) is 4.39 Å². The number of fused-ring (bicyclic) bond motifs is 1. The number of hydrogen-bond acceptors (Lipinski definition) is 6. The molecule has 1 heterocycles. The molecule has 166 valence electrons.